The van der Waals surface area contributed by atoms with Gasteiger partial charge in [0.25, 0.3) is 0 Å². The van der Waals surface area contributed by atoms with Gasteiger partial charge in [-0.25, -0.2) is 5.43 Å². The molecule has 1 aliphatic rings. The Morgan fingerprint density at radius 2 is 2.03 bits per heavy atom. The summed E-state index contributed by atoms with van der Waals surface area (Å²) in [6.45, 7) is 2.20. The van der Waals surface area contributed by atoms with Gasteiger partial charge in [0.1, 0.15) is 5.76 Å². The Morgan fingerprint density at radius 1 is 1.17 bits per heavy atom. The first-order valence-electron chi connectivity index (χ1n) is 9.31. The molecule has 0 radical (unpaired) electrons. The first kappa shape index (κ1) is 21.2. The maximum absolute atomic E-state index is 13.0. The maximum atomic E-state index is 13.0. The smallest absolute Gasteiger partial charge is 0.416 e. The zero-order valence-corrected chi connectivity index (χ0v) is 16.6. The minimum absolute atomic E-state index is 0.429. The van der Waals surface area contributed by atoms with E-state index in [2.05, 4.69) is 27.1 Å². The third kappa shape index (κ3) is 6.50. The lowest BCUT2D eigenvalue weighted by Gasteiger charge is -2.31. The van der Waals surface area contributed by atoms with Crippen molar-refractivity contribution in [2.75, 3.05) is 13.1 Å². The van der Waals surface area contributed by atoms with Crippen molar-refractivity contribution in [3.8, 4) is 0 Å². The average molecular weight is 424 g/mol. The van der Waals surface area contributed by atoms with Gasteiger partial charge >= 0.3 is 6.18 Å². The van der Waals surface area contributed by atoms with Crippen molar-refractivity contribution in [1.82, 2.24) is 21.1 Å². The van der Waals surface area contributed by atoms with Crippen LogP contribution in [0.15, 0.2) is 58.9 Å². The van der Waals surface area contributed by atoms with Gasteiger partial charge in [0, 0.05) is 18.8 Å². The number of halogens is 3. The van der Waals surface area contributed by atoms with Gasteiger partial charge in [-0.15, -0.1) is 0 Å². The molecule has 0 fully saturated rings. The van der Waals surface area contributed by atoms with Crippen LogP contribution >= 0.6 is 12.2 Å². The van der Waals surface area contributed by atoms with Gasteiger partial charge in [-0.05, 0) is 54.9 Å². The molecule has 0 saturated heterocycles. The molecular weight excluding hydrogens is 401 g/mol. The summed E-state index contributed by atoms with van der Waals surface area (Å²) in [7, 11) is 0. The van der Waals surface area contributed by atoms with Gasteiger partial charge in [-0.3, -0.25) is 5.43 Å². The number of allylic oxidation sites excluding steroid dienone is 1. The summed E-state index contributed by atoms with van der Waals surface area (Å²) < 4.78 is 44.1. The number of hydrogen-bond acceptors (Lipinski definition) is 4. The second kappa shape index (κ2) is 9.80. The van der Waals surface area contributed by atoms with Crippen LogP contribution in [0.5, 0.6) is 0 Å². The van der Waals surface area contributed by atoms with Crippen LogP contribution in [0.3, 0.4) is 0 Å². The van der Waals surface area contributed by atoms with Crippen LogP contribution in [0, 0.1) is 0 Å². The fourth-order valence-corrected chi connectivity index (χ4v) is 3.24. The summed E-state index contributed by atoms with van der Waals surface area (Å²) in [6.07, 6.45) is 1.28. The number of hydrogen-bond donors (Lipinski definition) is 3. The molecule has 0 amide bonds. The minimum atomic E-state index is -4.33. The number of benzene rings is 1. The average Bonchev–Trinajstić information content (AvgIpc) is 3.21. The summed E-state index contributed by atoms with van der Waals surface area (Å²) in [5.41, 5.74) is 7.02. The molecule has 5 nitrogen and oxygen atoms in total. The summed E-state index contributed by atoms with van der Waals surface area (Å²) in [5.74, 6) is 0.774. The minimum Gasteiger partial charge on any atom is -0.467 e. The number of nitrogens with zero attached hydrogens (tertiary/aromatic N) is 1. The van der Waals surface area contributed by atoms with Crippen molar-refractivity contribution < 1.29 is 17.6 Å². The molecule has 0 spiro atoms. The molecule has 29 heavy (non-hydrogen) atoms. The van der Waals surface area contributed by atoms with E-state index in [-0.39, 0.29) is 0 Å². The molecule has 0 aliphatic carbocycles. The Bertz CT molecular complexity index is 837. The van der Waals surface area contributed by atoms with Crippen molar-refractivity contribution in [3.63, 3.8) is 0 Å². The van der Waals surface area contributed by atoms with Gasteiger partial charge in [0.05, 0.1) is 24.9 Å². The number of alkyl halides is 3. The molecule has 3 rings (SSSR count). The second-order valence-electron chi connectivity index (χ2n) is 6.70. The zero-order valence-electron chi connectivity index (χ0n) is 15.8. The Hall–Kier alpha value is -2.52. The fourth-order valence-electron chi connectivity index (χ4n) is 3.09. The first-order valence-corrected chi connectivity index (χ1v) is 9.72. The lowest BCUT2D eigenvalue weighted by Crippen LogP contribution is -2.46. The highest BCUT2D eigenvalue weighted by molar-refractivity contribution is 7.80. The quantitative estimate of drug-likeness (QED) is 0.462. The van der Waals surface area contributed by atoms with Crippen molar-refractivity contribution in [2.24, 2.45) is 0 Å². The molecule has 0 unspecified atom stereocenters. The largest absolute Gasteiger partial charge is 0.467 e. The summed E-state index contributed by atoms with van der Waals surface area (Å²) in [6, 6.07) is 9.14. The van der Waals surface area contributed by atoms with Crippen molar-refractivity contribution in [3.05, 3.63) is 71.3 Å². The van der Waals surface area contributed by atoms with Gasteiger partial charge in [0.2, 0.25) is 0 Å². The zero-order chi connectivity index (χ0) is 20.7. The summed E-state index contributed by atoms with van der Waals surface area (Å²) >= 11 is 5.21. The van der Waals surface area contributed by atoms with E-state index in [1.165, 1.54) is 12.1 Å². The molecule has 9 heteroatoms. The lowest BCUT2D eigenvalue weighted by atomic mass is 10.1. The SMILES string of the molecule is FC(F)(F)c1cccc(CN2CCCC=C2CNNC(=S)NCc2ccco2)c1. The predicted molar refractivity (Wildman–Crippen MR) is 108 cm³/mol. The molecule has 2 heterocycles. The van der Waals surface area contributed by atoms with Gasteiger partial charge in [-0.2, -0.15) is 13.2 Å². The second-order valence-corrected chi connectivity index (χ2v) is 7.11. The van der Waals surface area contributed by atoms with E-state index in [9.17, 15) is 13.2 Å². The Balaban J connectivity index is 1.49. The number of rotatable bonds is 7. The van der Waals surface area contributed by atoms with E-state index in [0.29, 0.717) is 30.3 Å². The van der Waals surface area contributed by atoms with Crippen LogP contribution in [0.2, 0.25) is 0 Å². The van der Waals surface area contributed by atoms with Crippen molar-refractivity contribution >= 4 is 17.3 Å². The van der Waals surface area contributed by atoms with E-state index in [1.54, 1.807) is 18.4 Å². The highest BCUT2D eigenvalue weighted by atomic mass is 32.1. The Kier molecular flexibility index (Phi) is 7.16. The van der Waals surface area contributed by atoms with Gasteiger partial charge in [-0.1, -0.05) is 18.2 Å². The van der Waals surface area contributed by atoms with E-state index >= 15 is 0 Å². The normalized spacial score (nSPS) is 14.4. The highest BCUT2D eigenvalue weighted by Gasteiger charge is 2.30. The van der Waals surface area contributed by atoms with E-state index in [4.69, 9.17) is 16.6 Å². The molecule has 0 saturated carbocycles. The molecule has 2 aromatic rings. The van der Waals surface area contributed by atoms with Gasteiger partial charge < -0.3 is 14.6 Å². The van der Waals surface area contributed by atoms with Crippen molar-refractivity contribution in [2.45, 2.75) is 32.1 Å². The molecular formula is C20H23F3N4OS. The Morgan fingerprint density at radius 3 is 2.79 bits per heavy atom. The number of furan rings is 1. The topological polar surface area (TPSA) is 52.5 Å². The molecule has 0 bridgehead atoms. The molecule has 1 aliphatic heterocycles. The number of thiocarbonyl (C=S) groups is 1. The monoisotopic (exact) mass is 424 g/mol. The Labute approximate surface area is 172 Å². The van der Waals surface area contributed by atoms with E-state index in [1.807, 2.05) is 6.07 Å². The van der Waals surface area contributed by atoms with Crippen LogP contribution in [0.1, 0.15) is 29.7 Å². The third-order valence-corrected chi connectivity index (χ3v) is 4.77. The lowest BCUT2D eigenvalue weighted by molar-refractivity contribution is -0.137. The third-order valence-electron chi connectivity index (χ3n) is 4.52. The molecule has 1 aromatic heterocycles. The fraction of sp³-hybridized carbons (Fsp3) is 0.350. The van der Waals surface area contributed by atoms with Crippen molar-refractivity contribution in [1.29, 1.82) is 0 Å². The number of nitrogens with one attached hydrogen (secondary N) is 3. The van der Waals surface area contributed by atoms with Gasteiger partial charge in [0.15, 0.2) is 5.11 Å². The molecule has 1 aromatic carbocycles. The number of hydrazine groups is 1. The maximum Gasteiger partial charge on any atom is 0.416 e. The predicted octanol–water partition coefficient (Wildman–Crippen LogP) is 3.95. The van der Waals surface area contributed by atoms with Crippen LogP contribution in [-0.4, -0.2) is 23.1 Å². The molecule has 3 N–H and O–H groups in total. The summed E-state index contributed by atoms with van der Waals surface area (Å²) in [5, 5.41) is 3.45. The van der Waals surface area contributed by atoms with Crippen LogP contribution in [0.4, 0.5) is 13.2 Å². The van der Waals surface area contributed by atoms with Crippen LogP contribution in [0.25, 0.3) is 0 Å². The van der Waals surface area contributed by atoms with Crippen LogP contribution < -0.4 is 16.2 Å². The molecule has 156 valence electrons. The van der Waals surface area contributed by atoms with Crippen LogP contribution in [-0.2, 0) is 19.3 Å². The van der Waals surface area contributed by atoms with E-state index < -0.39 is 11.7 Å². The summed E-state index contributed by atoms with van der Waals surface area (Å²) in [4.78, 5) is 2.09. The standard InChI is InChI=1S/C20H23F3N4OS/c21-20(22,23)16-6-3-5-15(11-16)14-27-9-2-1-7-17(27)12-25-26-19(29)24-13-18-8-4-10-28-18/h3-8,10-11,25H,1-2,9,12-14H2,(H2,24,26,29). The van der Waals surface area contributed by atoms with E-state index in [0.717, 1.165) is 36.9 Å². The molecule has 0 atom stereocenters. The highest BCUT2D eigenvalue weighted by Crippen LogP contribution is 2.30. The first-order chi connectivity index (χ1) is 13.9.